The van der Waals surface area contributed by atoms with Gasteiger partial charge in [-0.15, -0.1) is 0 Å². The number of anilines is 1. The van der Waals surface area contributed by atoms with Crippen LogP contribution in [-0.2, 0) is 4.74 Å². The molecule has 0 aromatic heterocycles. The van der Waals surface area contributed by atoms with Crippen molar-refractivity contribution in [3.63, 3.8) is 0 Å². The molecule has 0 spiro atoms. The van der Waals surface area contributed by atoms with Crippen LogP contribution in [0.3, 0.4) is 0 Å². The van der Waals surface area contributed by atoms with Gasteiger partial charge in [0.05, 0.1) is 0 Å². The zero-order chi connectivity index (χ0) is 15.5. The van der Waals surface area contributed by atoms with E-state index in [2.05, 4.69) is 5.32 Å². The molecule has 0 unspecified atom stereocenters. The molecular weight excluding hydrogens is 271 g/mol. The minimum atomic E-state index is -0.486. The molecule has 21 heavy (non-hydrogen) atoms. The van der Waals surface area contributed by atoms with E-state index in [1.54, 1.807) is 11.0 Å². The number of amides is 1. The highest BCUT2D eigenvalue weighted by molar-refractivity contribution is 5.68. The number of hydrogen-bond acceptors (Lipinski definition) is 3. The molecule has 0 aliphatic carbocycles. The topological polar surface area (TPSA) is 41.6 Å². The Bertz CT molecular complexity index is 499. The monoisotopic (exact) mass is 294 g/mol. The molecule has 4 nitrogen and oxygen atoms in total. The van der Waals surface area contributed by atoms with E-state index in [0.29, 0.717) is 13.1 Å². The fraction of sp³-hybridized carbons (Fsp3) is 0.562. The van der Waals surface area contributed by atoms with Crippen molar-refractivity contribution < 1.29 is 13.9 Å². The SMILES string of the molecule is CC(C)(C)OC(=O)N1CCC[C@H](Nc2cccc(F)c2)C1. The average Bonchev–Trinajstić information content (AvgIpc) is 2.37. The molecule has 2 rings (SSSR count). The van der Waals surface area contributed by atoms with Crippen LogP contribution in [0.5, 0.6) is 0 Å². The van der Waals surface area contributed by atoms with E-state index in [1.807, 2.05) is 26.8 Å². The summed E-state index contributed by atoms with van der Waals surface area (Å²) in [5, 5.41) is 3.28. The third-order valence-corrected chi connectivity index (χ3v) is 3.27. The summed E-state index contributed by atoms with van der Waals surface area (Å²) >= 11 is 0. The van der Waals surface area contributed by atoms with Crippen LogP contribution in [0.2, 0.25) is 0 Å². The summed E-state index contributed by atoms with van der Waals surface area (Å²) in [5.41, 5.74) is 0.256. The van der Waals surface area contributed by atoms with Gasteiger partial charge in [-0.05, 0) is 51.8 Å². The molecule has 0 saturated carbocycles. The fourth-order valence-electron chi connectivity index (χ4n) is 2.40. The minimum Gasteiger partial charge on any atom is -0.444 e. The molecule has 1 heterocycles. The van der Waals surface area contributed by atoms with Crippen LogP contribution in [0.25, 0.3) is 0 Å². The first-order valence-electron chi connectivity index (χ1n) is 7.33. The Morgan fingerprint density at radius 1 is 1.43 bits per heavy atom. The fourth-order valence-corrected chi connectivity index (χ4v) is 2.40. The van der Waals surface area contributed by atoms with E-state index in [-0.39, 0.29) is 18.0 Å². The van der Waals surface area contributed by atoms with Crippen molar-refractivity contribution in [1.29, 1.82) is 0 Å². The van der Waals surface area contributed by atoms with E-state index < -0.39 is 5.60 Å². The van der Waals surface area contributed by atoms with Crippen molar-refractivity contribution in [1.82, 2.24) is 4.90 Å². The minimum absolute atomic E-state index is 0.119. The van der Waals surface area contributed by atoms with Gasteiger partial charge in [0.15, 0.2) is 0 Å². The number of rotatable bonds is 2. The Balaban J connectivity index is 1.93. The van der Waals surface area contributed by atoms with Crippen molar-refractivity contribution in [3.8, 4) is 0 Å². The van der Waals surface area contributed by atoms with Crippen LogP contribution >= 0.6 is 0 Å². The molecule has 1 saturated heterocycles. The summed E-state index contributed by atoms with van der Waals surface area (Å²) in [6, 6.07) is 6.50. The van der Waals surface area contributed by atoms with Crippen LogP contribution in [0.15, 0.2) is 24.3 Å². The largest absolute Gasteiger partial charge is 0.444 e. The summed E-state index contributed by atoms with van der Waals surface area (Å²) in [6.45, 7) is 6.85. The number of piperidine rings is 1. The number of carbonyl (C=O) groups is 1. The number of ether oxygens (including phenoxy) is 1. The molecule has 1 aliphatic rings. The van der Waals surface area contributed by atoms with Gasteiger partial charge < -0.3 is 15.0 Å². The Kier molecular flexibility index (Phi) is 4.70. The Morgan fingerprint density at radius 3 is 2.86 bits per heavy atom. The number of carbonyl (C=O) groups excluding carboxylic acids is 1. The van der Waals surface area contributed by atoms with Crippen molar-refractivity contribution in [2.24, 2.45) is 0 Å². The molecule has 0 bridgehead atoms. The quantitative estimate of drug-likeness (QED) is 0.905. The molecule has 1 aliphatic heterocycles. The molecule has 0 radical (unpaired) electrons. The lowest BCUT2D eigenvalue weighted by Gasteiger charge is -2.34. The highest BCUT2D eigenvalue weighted by atomic mass is 19.1. The van der Waals surface area contributed by atoms with Gasteiger partial charge in [0.1, 0.15) is 11.4 Å². The summed E-state index contributed by atoms with van der Waals surface area (Å²) in [6.07, 6.45) is 1.58. The third-order valence-electron chi connectivity index (χ3n) is 3.27. The Hall–Kier alpha value is -1.78. The lowest BCUT2D eigenvalue weighted by molar-refractivity contribution is 0.0206. The van der Waals surface area contributed by atoms with E-state index in [9.17, 15) is 9.18 Å². The van der Waals surface area contributed by atoms with Gasteiger partial charge in [0.25, 0.3) is 0 Å². The van der Waals surface area contributed by atoms with E-state index in [1.165, 1.54) is 12.1 Å². The summed E-state index contributed by atoms with van der Waals surface area (Å²) in [7, 11) is 0. The second kappa shape index (κ2) is 6.33. The van der Waals surface area contributed by atoms with Crippen molar-refractivity contribution >= 4 is 11.8 Å². The molecule has 1 aromatic carbocycles. The molecule has 1 N–H and O–H groups in total. The lowest BCUT2D eigenvalue weighted by atomic mass is 10.1. The maximum absolute atomic E-state index is 13.2. The summed E-state index contributed by atoms with van der Waals surface area (Å²) in [5.74, 6) is -0.264. The number of nitrogens with one attached hydrogen (secondary N) is 1. The standard InChI is InChI=1S/C16H23FN2O2/c1-16(2,3)21-15(20)19-9-5-8-14(11-19)18-13-7-4-6-12(17)10-13/h4,6-7,10,14,18H,5,8-9,11H2,1-3H3/t14-/m0/s1. The van der Waals surface area contributed by atoms with Gasteiger partial charge in [-0.25, -0.2) is 9.18 Å². The predicted octanol–water partition coefficient (Wildman–Crippen LogP) is 3.64. The first-order chi connectivity index (χ1) is 9.83. The van der Waals surface area contributed by atoms with Gasteiger partial charge in [-0.3, -0.25) is 0 Å². The van der Waals surface area contributed by atoms with E-state index in [0.717, 1.165) is 18.5 Å². The number of halogens is 1. The molecule has 116 valence electrons. The van der Waals surface area contributed by atoms with Crippen LogP contribution in [0.1, 0.15) is 33.6 Å². The highest BCUT2D eigenvalue weighted by Gasteiger charge is 2.27. The smallest absolute Gasteiger partial charge is 0.410 e. The molecule has 1 fully saturated rings. The Labute approximate surface area is 125 Å². The second-order valence-corrected chi connectivity index (χ2v) is 6.42. The average molecular weight is 294 g/mol. The number of benzene rings is 1. The molecule has 1 aromatic rings. The van der Waals surface area contributed by atoms with Crippen molar-refractivity contribution in [2.75, 3.05) is 18.4 Å². The van der Waals surface area contributed by atoms with Gasteiger partial charge in [-0.1, -0.05) is 6.07 Å². The van der Waals surface area contributed by atoms with Gasteiger partial charge in [-0.2, -0.15) is 0 Å². The second-order valence-electron chi connectivity index (χ2n) is 6.42. The van der Waals surface area contributed by atoms with Gasteiger partial charge in [0, 0.05) is 24.8 Å². The molecular formula is C16H23FN2O2. The third kappa shape index (κ3) is 4.92. The first kappa shape index (κ1) is 15.6. The van der Waals surface area contributed by atoms with Gasteiger partial charge in [0.2, 0.25) is 0 Å². The molecule has 5 heteroatoms. The summed E-state index contributed by atoms with van der Waals surface area (Å²) < 4.78 is 18.6. The summed E-state index contributed by atoms with van der Waals surface area (Å²) in [4.78, 5) is 13.8. The molecule has 1 atom stereocenters. The van der Waals surface area contributed by atoms with Crippen LogP contribution < -0.4 is 5.32 Å². The first-order valence-corrected chi connectivity index (χ1v) is 7.33. The predicted molar refractivity (Wildman–Crippen MR) is 80.9 cm³/mol. The van der Waals surface area contributed by atoms with Crippen LogP contribution in [0, 0.1) is 5.82 Å². The Morgan fingerprint density at radius 2 is 2.19 bits per heavy atom. The zero-order valence-electron chi connectivity index (χ0n) is 12.9. The van der Waals surface area contributed by atoms with Crippen molar-refractivity contribution in [2.45, 2.75) is 45.3 Å². The van der Waals surface area contributed by atoms with E-state index >= 15 is 0 Å². The number of hydrogen-bond donors (Lipinski definition) is 1. The van der Waals surface area contributed by atoms with Crippen molar-refractivity contribution in [3.05, 3.63) is 30.1 Å². The number of nitrogens with zero attached hydrogens (tertiary/aromatic N) is 1. The normalized spacial score (nSPS) is 19.2. The maximum Gasteiger partial charge on any atom is 0.410 e. The highest BCUT2D eigenvalue weighted by Crippen LogP contribution is 2.19. The molecule has 1 amide bonds. The van der Waals surface area contributed by atoms with Crippen LogP contribution in [0.4, 0.5) is 14.9 Å². The van der Waals surface area contributed by atoms with E-state index in [4.69, 9.17) is 4.74 Å². The maximum atomic E-state index is 13.2. The zero-order valence-corrected chi connectivity index (χ0v) is 12.9. The lowest BCUT2D eigenvalue weighted by Crippen LogP contribution is -2.46. The van der Waals surface area contributed by atoms with Crippen LogP contribution in [-0.4, -0.2) is 35.7 Å². The number of likely N-dealkylation sites (tertiary alicyclic amines) is 1. The van der Waals surface area contributed by atoms with Gasteiger partial charge >= 0.3 is 6.09 Å².